The topological polar surface area (TPSA) is 81.8 Å². The number of amides is 5. The Kier molecular flexibility index (Phi) is 5.22. The van der Waals surface area contributed by atoms with Gasteiger partial charge in [0.2, 0.25) is 0 Å². The quantitative estimate of drug-likeness (QED) is 0.769. The lowest BCUT2D eigenvalue weighted by Crippen LogP contribution is -2.52. The summed E-state index contributed by atoms with van der Waals surface area (Å²) in [6.45, 7) is 3.86. The summed E-state index contributed by atoms with van der Waals surface area (Å²) in [4.78, 5) is 39.4. The molecule has 2 aliphatic heterocycles. The molecule has 2 fully saturated rings. The van der Waals surface area contributed by atoms with Crippen LogP contribution >= 0.6 is 0 Å². The zero-order chi connectivity index (χ0) is 20.6. The van der Waals surface area contributed by atoms with Crippen molar-refractivity contribution in [1.29, 1.82) is 0 Å². The van der Waals surface area contributed by atoms with Crippen molar-refractivity contribution >= 4 is 23.7 Å². The number of hydrogen-bond acceptors (Lipinski definition) is 3. The van der Waals surface area contributed by atoms with Crippen LogP contribution < -0.4 is 15.5 Å². The van der Waals surface area contributed by atoms with Gasteiger partial charge in [0, 0.05) is 18.6 Å². The van der Waals surface area contributed by atoms with Crippen molar-refractivity contribution in [2.24, 2.45) is 0 Å². The predicted octanol–water partition coefficient (Wildman–Crippen LogP) is 2.71. The number of nitrogens with one attached hydrogen (secondary N) is 2. The number of rotatable bonds is 3. The molecule has 152 valence electrons. The van der Waals surface area contributed by atoms with Gasteiger partial charge in [0.25, 0.3) is 5.91 Å². The van der Waals surface area contributed by atoms with Crippen LogP contribution in [-0.2, 0) is 11.0 Å². The fraction of sp³-hybridized carbons (Fsp3) is 0.500. The number of hydrogen-bond donors (Lipinski definition) is 2. The van der Waals surface area contributed by atoms with Gasteiger partial charge in [-0.2, -0.15) is 13.2 Å². The van der Waals surface area contributed by atoms with Crippen molar-refractivity contribution in [2.45, 2.75) is 51.0 Å². The van der Waals surface area contributed by atoms with E-state index < -0.39 is 29.7 Å². The van der Waals surface area contributed by atoms with Gasteiger partial charge in [-0.15, -0.1) is 0 Å². The highest BCUT2D eigenvalue weighted by Crippen LogP contribution is 2.35. The molecule has 2 N–H and O–H groups in total. The number of anilines is 1. The summed E-state index contributed by atoms with van der Waals surface area (Å²) in [5.74, 6) is -0.583. The summed E-state index contributed by atoms with van der Waals surface area (Å²) < 4.78 is 38.9. The van der Waals surface area contributed by atoms with E-state index in [1.165, 1.54) is 11.0 Å². The Morgan fingerprint density at radius 3 is 2.61 bits per heavy atom. The average Bonchev–Trinajstić information content (AvgIpc) is 2.84. The zero-order valence-corrected chi connectivity index (χ0v) is 15.4. The summed E-state index contributed by atoms with van der Waals surface area (Å²) in [6, 6.07) is 1.98. The number of carbonyl (C=O) groups is 3. The van der Waals surface area contributed by atoms with Crippen molar-refractivity contribution in [3.8, 4) is 0 Å². The zero-order valence-electron chi connectivity index (χ0n) is 15.4. The van der Waals surface area contributed by atoms with E-state index in [1.54, 1.807) is 0 Å². The third kappa shape index (κ3) is 3.90. The molecule has 0 unspecified atom stereocenters. The van der Waals surface area contributed by atoms with Crippen LogP contribution in [-0.4, -0.2) is 47.5 Å². The molecular weight excluding hydrogens is 377 g/mol. The van der Waals surface area contributed by atoms with Crippen LogP contribution in [0.15, 0.2) is 24.3 Å². The van der Waals surface area contributed by atoms with E-state index in [9.17, 15) is 27.6 Å². The average molecular weight is 398 g/mol. The Morgan fingerprint density at radius 1 is 1.25 bits per heavy atom. The number of alkyl halides is 3. The summed E-state index contributed by atoms with van der Waals surface area (Å²) in [7, 11) is 0. The Morgan fingerprint density at radius 2 is 1.96 bits per heavy atom. The Hall–Kier alpha value is -2.78. The van der Waals surface area contributed by atoms with Gasteiger partial charge in [-0.3, -0.25) is 4.79 Å². The molecule has 2 atom stereocenters. The molecule has 5 amide bonds. The molecule has 1 aromatic rings. The number of fused-ring (bicyclic) bond motifs is 1. The van der Waals surface area contributed by atoms with E-state index in [0.29, 0.717) is 6.42 Å². The Balaban J connectivity index is 1.76. The van der Waals surface area contributed by atoms with Crippen molar-refractivity contribution in [2.75, 3.05) is 11.4 Å². The number of piperidine rings is 1. The molecule has 0 aliphatic carbocycles. The maximum atomic E-state index is 13.0. The molecule has 0 radical (unpaired) electrons. The highest BCUT2D eigenvalue weighted by Gasteiger charge is 2.49. The van der Waals surface area contributed by atoms with E-state index in [2.05, 4.69) is 10.6 Å². The highest BCUT2D eigenvalue weighted by atomic mass is 19.4. The second-order valence-electron chi connectivity index (χ2n) is 7.21. The van der Waals surface area contributed by atoms with E-state index >= 15 is 0 Å². The predicted molar refractivity (Wildman–Crippen MR) is 94.6 cm³/mol. The second-order valence-corrected chi connectivity index (χ2v) is 7.21. The second kappa shape index (κ2) is 7.33. The number of benzene rings is 1. The standard InChI is InChI=1S/C18H21F3N4O3/c1-10(2)22-16(27)23-12-6-7-24-14(9-12)15(26)25(17(24)28)13-5-3-4-11(8-13)18(19,20)21/h3-5,8,10,12,14H,6-7,9H2,1-2H3,(H2,22,23,27)/t12-,14+/m1/s1. The van der Waals surface area contributed by atoms with Gasteiger partial charge in [0.15, 0.2) is 0 Å². The van der Waals surface area contributed by atoms with Crippen LogP contribution in [0, 0.1) is 0 Å². The molecule has 2 saturated heterocycles. The first-order valence-electron chi connectivity index (χ1n) is 8.97. The third-order valence-corrected chi connectivity index (χ3v) is 4.73. The van der Waals surface area contributed by atoms with Crippen LogP contribution in [0.4, 0.5) is 28.4 Å². The van der Waals surface area contributed by atoms with Gasteiger partial charge in [-0.05, 0) is 44.9 Å². The summed E-state index contributed by atoms with van der Waals surface area (Å²) in [5.41, 5.74) is -1.04. The number of urea groups is 2. The van der Waals surface area contributed by atoms with Gasteiger partial charge < -0.3 is 15.5 Å². The molecule has 7 nitrogen and oxygen atoms in total. The maximum Gasteiger partial charge on any atom is 0.416 e. The molecule has 2 heterocycles. The Bertz CT molecular complexity index is 797. The number of halogens is 3. The minimum Gasteiger partial charge on any atom is -0.336 e. The van der Waals surface area contributed by atoms with Crippen LogP contribution in [0.5, 0.6) is 0 Å². The lowest BCUT2D eigenvalue weighted by atomic mass is 9.98. The summed E-state index contributed by atoms with van der Waals surface area (Å²) >= 11 is 0. The van der Waals surface area contributed by atoms with Crippen LogP contribution in [0.2, 0.25) is 0 Å². The van der Waals surface area contributed by atoms with Crippen LogP contribution in [0.1, 0.15) is 32.3 Å². The first-order valence-corrected chi connectivity index (χ1v) is 8.97. The molecule has 1 aromatic carbocycles. The molecular formula is C18H21F3N4O3. The van der Waals surface area contributed by atoms with Gasteiger partial charge in [0.05, 0.1) is 11.3 Å². The lowest BCUT2D eigenvalue weighted by Gasteiger charge is -2.32. The monoisotopic (exact) mass is 398 g/mol. The summed E-state index contributed by atoms with van der Waals surface area (Å²) in [6.07, 6.45) is -3.91. The lowest BCUT2D eigenvalue weighted by molar-refractivity contribution is -0.137. The summed E-state index contributed by atoms with van der Waals surface area (Å²) in [5, 5.41) is 5.47. The highest BCUT2D eigenvalue weighted by molar-refractivity contribution is 6.21. The molecule has 2 aliphatic rings. The molecule has 10 heteroatoms. The first-order chi connectivity index (χ1) is 13.1. The fourth-order valence-electron chi connectivity index (χ4n) is 3.48. The van der Waals surface area contributed by atoms with E-state index in [4.69, 9.17) is 0 Å². The van der Waals surface area contributed by atoms with Crippen molar-refractivity contribution in [3.05, 3.63) is 29.8 Å². The van der Waals surface area contributed by atoms with Gasteiger partial charge in [-0.25, -0.2) is 14.5 Å². The fourth-order valence-corrected chi connectivity index (χ4v) is 3.48. The SMILES string of the molecule is CC(C)NC(=O)N[C@@H]1CCN2C(=O)N(c3cccc(C(F)(F)F)c3)C(=O)[C@@H]2C1. The van der Waals surface area contributed by atoms with Gasteiger partial charge in [0.1, 0.15) is 6.04 Å². The largest absolute Gasteiger partial charge is 0.416 e. The molecule has 0 saturated carbocycles. The smallest absolute Gasteiger partial charge is 0.336 e. The molecule has 28 heavy (non-hydrogen) atoms. The number of nitrogens with zero attached hydrogens (tertiary/aromatic N) is 2. The van der Waals surface area contributed by atoms with Gasteiger partial charge in [-0.1, -0.05) is 6.07 Å². The normalized spacial score (nSPS) is 22.5. The van der Waals surface area contributed by atoms with Crippen molar-refractivity contribution in [3.63, 3.8) is 0 Å². The van der Waals surface area contributed by atoms with E-state index in [1.807, 2.05) is 13.8 Å². The minimum absolute atomic E-state index is 0.0498. The minimum atomic E-state index is -4.58. The third-order valence-electron chi connectivity index (χ3n) is 4.73. The maximum absolute atomic E-state index is 13.0. The molecule has 0 bridgehead atoms. The molecule has 3 rings (SSSR count). The Labute approximate surface area is 159 Å². The van der Waals surface area contributed by atoms with Gasteiger partial charge >= 0.3 is 18.2 Å². The van der Waals surface area contributed by atoms with Crippen molar-refractivity contribution in [1.82, 2.24) is 15.5 Å². The van der Waals surface area contributed by atoms with E-state index in [0.717, 1.165) is 23.1 Å². The van der Waals surface area contributed by atoms with Crippen LogP contribution in [0.25, 0.3) is 0 Å². The van der Waals surface area contributed by atoms with E-state index in [-0.39, 0.29) is 36.8 Å². The van der Waals surface area contributed by atoms with Crippen LogP contribution in [0.3, 0.4) is 0 Å². The first kappa shape index (κ1) is 20.0. The number of imide groups is 1. The van der Waals surface area contributed by atoms with Crippen molar-refractivity contribution < 1.29 is 27.6 Å². The number of carbonyl (C=O) groups excluding carboxylic acids is 3. The molecule has 0 spiro atoms. The molecule has 0 aromatic heterocycles.